The van der Waals surface area contributed by atoms with Crippen LogP contribution in [0.25, 0.3) is 0 Å². The van der Waals surface area contributed by atoms with Gasteiger partial charge in [-0.3, -0.25) is 14.5 Å². The van der Waals surface area contributed by atoms with Crippen molar-refractivity contribution in [1.82, 2.24) is 15.2 Å². The van der Waals surface area contributed by atoms with Gasteiger partial charge in [-0.15, -0.1) is 11.3 Å². The highest BCUT2D eigenvalue weighted by molar-refractivity contribution is 7.15. The Morgan fingerprint density at radius 3 is 2.79 bits per heavy atom. The number of rotatable bonds is 3. The molecule has 8 heteroatoms. The number of fused-ring (bicyclic) bond motifs is 1. The second-order valence-corrected chi connectivity index (χ2v) is 9.37. The Labute approximate surface area is 169 Å². The van der Waals surface area contributed by atoms with Crippen LogP contribution in [0.15, 0.2) is 0 Å². The molecule has 2 atom stereocenters. The molecule has 28 heavy (non-hydrogen) atoms. The Morgan fingerprint density at radius 1 is 1.21 bits per heavy atom. The second kappa shape index (κ2) is 7.81. The Kier molecular flexibility index (Phi) is 5.40. The van der Waals surface area contributed by atoms with Crippen LogP contribution in [0.2, 0.25) is 0 Å². The standard InChI is InChI=1S/C20H28N4O3S/c1-13-8-6-7-11-20(13)17(26)24(19(27)23-20)12-16(25)22-18-21-14-9-4-2-3-5-10-15(14)28-18/h13H,2-12H2,1H3,(H,23,27)(H,21,22,25)/t13-,20-/m0/s1. The second-order valence-electron chi connectivity index (χ2n) is 8.29. The quantitative estimate of drug-likeness (QED) is 0.757. The minimum atomic E-state index is -0.827. The third kappa shape index (κ3) is 3.54. The van der Waals surface area contributed by atoms with E-state index < -0.39 is 11.6 Å². The predicted molar refractivity (Wildman–Crippen MR) is 107 cm³/mol. The molecule has 0 unspecified atom stereocenters. The third-order valence-electron chi connectivity index (χ3n) is 6.40. The summed E-state index contributed by atoms with van der Waals surface area (Å²) >= 11 is 1.52. The summed E-state index contributed by atoms with van der Waals surface area (Å²) in [5.41, 5.74) is 0.261. The van der Waals surface area contributed by atoms with Crippen LogP contribution >= 0.6 is 11.3 Å². The van der Waals surface area contributed by atoms with Gasteiger partial charge in [-0.25, -0.2) is 9.78 Å². The lowest BCUT2D eigenvalue weighted by Gasteiger charge is -2.36. The van der Waals surface area contributed by atoms with Gasteiger partial charge in [0, 0.05) is 4.88 Å². The van der Waals surface area contributed by atoms with E-state index in [4.69, 9.17) is 0 Å². The molecule has 2 N–H and O–H groups in total. The van der Waals surface area contributed by atoms with E-state index in [0.717, 1.165) is 55.5 Å². The van der Waals surface area contributed by atoms with Crippen molar-refractivity contribution in [2.75, 3.05) is 11.9 Å². The van der Waals surface area contributed by atoms with Gasteiger partial charge in [-0.2, -0.15) is 0 Å². The van der Waals surface area contributed by atoms with Crippen LogP contribution in [0.4, 0.5) is 9.93 Å². The number of urea groups is 1. The Hall–Kier alpha value is -1.96. The molecule has 7 nitrogen and oxygen atoms in total. The van der Waals surface area contributed by atoms with Crippen LogP contribution in [-0.4, -0.2) is 39.8 Å². The Bertz CT molecular complexity index is 767. The summed E-state index contributed by atoms with van der Waals surface area (Å²) in [7, 11) is 0. The van der Waals surface area contributed by atoms with Gasteiger partial charge in [0.25, 0.3) is 5.91 Å². The van der Waals surface area contributed by atoms with Gasteiger partial charge >= 0.3 is 6.03 Å². The van der Waals surface area contributed by atoms with Crippen LogP contribution in [0.5, 0.6) is 0 Å². The summed E-state index contributed by atoms with van der Waals surface area (Å²) in [6, 6.07) is -0.458. The lowest BCUT2D eigenvalue weighted by Crippen LogP contribution is -2.54. The zero-order valence-corrected chi connectivity index (χ0v) is 17.2. The molecule has 1 aromatic rings. The average molecular weight is 405 g/mol. The van der Waals surface area contributed by atoms with Gasteiger partial charge in [0.15, 0.2) is 5.13 Å². The molecule has 4 rings (SSSR count). The molecule has 2 heterocycles. The van der Waals surface area contributed by atoms with Crippen molar-refractivity contribution in [2.24, 2.45) is 5.92 Å². The molecule has 1 saturated carbocycles. The van der Waals surface area contributed by atoms with E-state index in [1.165, 1.54) is 29.1 Å². The first kappa shape index (κ1) is 19.4. The molecular weight excluding hydrogens is 376 g/mol. The van der Waals surface area contributed by atoms with E-state index in [9.17, 15) is 14.4 Å². The number of carbonyl (C=O) groups excluding carboxylic acids is 3. The molecule has 152 valence electrons. The highest BCUT2D eigenvalue weighted by Gasteiger charge is 2.55. The van der Waals surface area contributed by atoms with Crippen molar-refractivity contribution < 1.29 is 14.4 Å². The van der Waals surface area contributed by atoms with Gasteiger partial charge in [0.05, 0.1) is 5.69 Å². The molecule has 0 bridgehead atoms. The highest BCUT2D eigenvalue weighted by atomic mass is 32.1. The summed E-state index contributed by atoms with van der Waals surface area (Å²) in [4.78, 5) is 44.9. The molecule has 0 aromatic carbocycles. The summed E-state index contributed by atoms with van der Waals surface area (Å²) in [6.45, 7) is 1.75. The lowest BCUT2D eigenvalue weighted by molar-refractivity contribution is -0.136. The fourth-order valence-corrected chi connectivity index (χ4v) is 5.77. The average Bonchev–Trinajstić information content (AvgIpc) is 3.11. The molecule has 1 spiro atoms. The van der Waals surface area contributed by atoms with Gasteiger partial charge in [0.2, 0.25) is 5.91 Å². The summed E-state index contributed by atoms with van der Waals surface area (Å²) in [6.07, 6.45) is 10.3. The molecule has 1 aromatic heterocycles. The molecule has 1 saturated heterocycles. The number of carbonyl (C=O) groups is 3. The van der Waals surface area contributed by atoms with Gasteiger partial charge in [-0.05, 0) is 44.4 Å². The van der Waals surface area contributed by atoms with E-state index >= 15 is 0 Å². The number of aromatic nitrogens is 1. The minimum Gasteiger partial charge on any atom is -0.323 e. The van der Waals surface area contributed by atoms with Gasteiger partial charge in [-0.1, -0.05) is 32.6 Å². The zero-order chi connectivity index (χ0) is 19.7. The number of anilines is 1. The topological polar surface area (TPSA) is 91.4 Å². The number of hydrogen-bond donors (Lipinski definition) is 2. The molecule has 2 fully saturated rings. The number of imide groups is 1. The van der Waals surface area contributed by atoms with Crippen molar-refractivity contribution in [2.45, 2.75) is 76.7 Å². The van der Waals surface area contributed by atoms with E-state index in [0.29, 0.717) is 11.6 Å². The highest BCUT2D eigenvalue weighted by Crippen LogP contribution is 2.38. The lowest BCUT2D eigenvalue weighted by atomic mass is 9.73. The molecule has 0 radical (unpaired) electrons. The van der Waals surface area contributed by atoms with Crippen molar-refractivity contribution in [1.29, 1.82) is 0 Å². The largest absolute Gasteiger partial charge is 0.325 e. The summed E-state index contributed by atoms with van der Waals surface area (Å²) in [5, 5.41) is 6.27. The van der Waals surface area contributed by atoms with E-state index in [1.54, 1.807) is 0 Å². The minimum absolute atomic E-state index is 0.0873. The smallest absolute Gasteiger partial charge is 0.323 e. The normalized spacial score (nSPS) is 27.9. The first-order chi connectivity index (χ1) is 13.5. The fraction of sp³-hybridized carbons (Fsp3) is 0.700. The van der Waals surface area contributed by atoms with Crippen LogP contribution < -0.4 is 10.6 Å². The Morgan fingerprint density at radius 2 is 2.00 bits per heavy atom. The monoisotopic (exact) mass is 404 g/mol. The molecular formula is C20H28N4O3S. The summed E-state index contributed by atoms with van der Waals surface area (Å²) in [5.74, 6) is -0.540. The first-order valence-corrected chi connectivity index (χ1v) is 11.2. The summed E-state index contributed by atoms with van der Waals surface area (Å²) < 4.78 is 0. The first-order valence-electron chi connectivity index (χ1n) is 10.4. The number of thiazole rings is 1. The zero-order valence-electron chi connectivity index (χ0n) is 16.4. The maximum Gasteiger partial charge on any atom is 0.325 e. The SMILES string of the molecule is C[C@H]1CCCC[C@]12NC(=O)N(CC(=O)Nc1nc3c(s1)CCCCCC3)C2=O. The molecule has 4 amide bonds. The van der Waals surface area contributed by atoms with Crippen molar-refractivity contribution in [3.8, 4) is 0 Å². The number of hydrogen-bond acceptors (Lipinski definition) is 5. The maximum atomic E-state index is 13.0. The number of nitrogens with zero attached hydrogens (tertiary/aromatic N) is 2. The fourth-order valence-electron chi connectivity index (χ4n) is 4.70. The van der Waals surface area contributed by atoms with E-state index in [2.05, 4.69) is 15.6 Å². The van der Waals surface area contributed by atoms with Crippen molar-refractivity contribution >= 4 is 34.3 Å². The third-order valence-corrected chi connectivity index (χ3v) is 7.47. The Balaban J connectivity index is 1.42. The number of amides is 4. The van der Waals surface area contributed by atoms with E-state index in [1.807, 2.05) is 6.92 Å². The van der Waals surface area contributed by atoms with Crippen LogP contribution in [0.3, 0.4) is 0 Å². The maximum absolute atomic E-state index is 13.0. The molecule has 1 aliphatic heterocycles. The molecule has 3 aliphatic rings. The predicted octanol–water partition coefficient (Wildman–Crippen LogP) is 3.24. The van der Waals surface area contributed by atoms with Gasteiger partial charge in [0.1, 0.15) is 12.1 Å². The van der Waals surface area contributed by atoms with Gasteiger partial charge < -0.3 is 10.6 Å². The molecule has 2 aliphatic carbocycles. The van der Waals surface area contributed by atoms with Crippen LogP contribution in [-0.2, 0) is 22.4 Å². The van der Waals surface area contributed by atoms with Crippen molar-refractivity contribution in [3.05, 3.63) is 10.6 Å². The number of nitrogens with one attached hydrogen (secondary N) is 2. The van der Waals surface area contributed by atoms with Crippen LogP contribution in [0, 0.1) is 5.92 Å². The van der Waals surface area contributed by atoms with Crippen LogP contribution in [0.1, 0.15) is 68.9 Å². The van der Waals surface area contributed by atoms with E-state index in [-0.39, 0.29) is 24.3 Å². The van der Waals surface area contributed by atoms with Crippen molar-refractivity contribution in [3.63, 3.8) is 0 Å². The number of aryl methyl sites for hydroxylation is 2.